The van der Waals surface area contributed by atoms with E-state index in [1.165, 1.54) is 0 Å². The Kier molecular flexibility index (Phi) is 3.56. The highest BCUT2D eigenvalue weighted by Crippen LogP contribution is 2.18. The van der Waals surface area contributed by atoms with Crippen LogP contribution in [0.2, 0.25) is 0 Å². The van der Waals surface area contributed by atoms with Gasteiger partial charge in [0.2, 0.25) is 5.91 Å². The van der Waals surface area contributed by atoms with Crippen LogP contribution in [-0.4, -0.2) is 55.6 Å². The number of nitrogens with one attached hydrogen (secondary N) is 2. The third kappa shape index (κ3) is 3.15. The topological polar surface area (TPSA) is 70.4 Å². The summed E-state index contributed by atoms with van der Waals surface area (Å²) in [6.45, 7) is 3.88. The zero-order valence-corrected chi connectivity index (χ0v) is 9.04. The van der Waals surface area contributed by atoms with Crippen LogP contribution in [0.5, 0.6) is 0 Å². The van der Waals surface area contributed by atoms with E-state index in [0.29, 0.717) is 25.2 Å². The number of piperazine rings is 1. The van der Waals surface area contributed by atoms with Crippen molar-refractivity contribution in [2.24, 2.45) is 5.73 Å². The molecule has 1 aliphatic heterocycles. The van der Waals surface area contributed by atoms with Crippen LogP contribution in [0, 0.1) is 0 Å². The molecular formula is C10H20N4O. The van der Waals surface area contributed by atoms with E-state index in [9.17, 15) is 4.79 Å². The van der Waals surface area contributed by atoms with Gasteiger partial charge in [0.05, 0.1) is 6.54 Å². The maximum absolute atomic E-state index is 11.6. The van der Waals surface area contributed by atoms with E-state index in [1.807, 2.05) is 0 Å². The van der Waals surface area contributed by atoms with Crippen LogP contribution in [0.25, 0.3) is 0 Å². The molecule has 1 atom stereocenters. The van der Waals surface area contributed by atoms with Crippen LogP contribution in [0.1, 0.15) is 12.8 Å². The molecule has 2 rings (SSSR count). The number of nitrogens with two attached hydrogens (primary N) is 1. The standard InChI is InChI=1S/C10H20N4O/c11-5-9-6-12-3-4-14(9)7-10(15)13-8-1-2-8/h8-9,12H,1-7,11H2,(H,13,15). The Bertz CT molecular complexity index is 229. The van der Waals surface area contributed by atoms with E-state index >= 15 is 0 Å². The highest BCUT2D eigenvalue weighted by atomic mass is 16.2. The highest BCUT2D eigenvalue weighted by Gasteiger charge is 2.26. The van der Waals surface area contributed by atoms with E-state index in [-0.39, 0.29) is 5.91 Å². The molecule has 1 saturated heterocycles. The molecule has 0 aromatic rings. The van der Waals surface area contributed by atoms with Crippen LogP contribution >= 0.6 is 0 Å². The largest absolute Gasteiger partial charge is 0.352 e. The Balaban J connectivity index is 1.76. The van der Waals surface area contributed by atoms with Crippen molar-refractivity contribution in [2.45, 2.75) is 24.9 Å². The van der Waals surface area contributed by atoms with Gasteiger partial charge in [-0.25, -0.2) is 0 Å². The van der Waals surface area contributed by atoms with Gasteiger partial charge in [-0.2, -0.15) is 0 Å². The van der Waals surface area contributed by atoms with Gasteiger partial charge in [-0.3, -0.25) is 9.69 Å². The lowest BCUT2D eigenvalue weighted by Crippen LogP contribution is -2.56. The van der Waals surface area contributed by atoms with E-state index in [1.54, 1.807) is 0 Å². The number of carbonyl (C=O) groups excluding carboxylic acids is 1. The maximum Gasteiger partial charge on any atom is 0.234 e. The van der Waals surface area contributed by atoms with Crippen LogP contribution in [0.3, 0.4) is 0 Å². The molecule has 15 heavy (non-hydrogen) atoms. The van der Waals surface area contributed by atoms with Gasteiger partial charge in [0.25, 0.3) is 0 Å². The second kappa shape index (κ2) is 4.92. The molecule has 0 aromatic carbocycles. The smallest absolute Gasteiger partial charge is 0.234 e. The lowest BCUT2D eigenvalue weighted by molar-refractivity contribution is -0.123. The number of rotatable bonds is 4. The number of nitrogens with zero attached hydrogens (tertiary/aromatic N) is 1. The fourth-order valence-electron chi connectivity index (χ4n) is 1.93. The molecule has 1 aliphatic carbocycles. The van der Waals surface area contributed by atoms with E-state index in [0.717, 1.165) is 32.5 Å². The number of hydrogen-bond donors (Lipinski definition) is 3. The Labute approximate surface area is 90.4 Å². The Morgan fingerprint density at radius 2 is 2.33 bits per heavy atom. The normalized spacial score (nSPS) is 27.7. The molecule has 0 bridgehead atoms. The lowest BCUT2D eigenvalue weighted by Gasteiger charge is -2.34. The predicted molar refractivity (Wildman–Crippen MR) is 58.4 cm³/mol. The summed E-state index contributed by atoms with van der Waals surface area (Å²) in [6.07, 6.45) is 2.29. The Morgan fingerprint density at radius 3 is 3.00 bits per heavy atom. The Hall–Kier alpha value is -0.650. The summed E-state index contributed by atoms with van der Waals surface area (Å²) in [5, 5.41) is 6.29. The van der Waals surface area contributed by atoms with Crippen molar-refractivity contribution >= 4 is 5.91 Å². The van der Waals surface area contributed by atoms with Gasteiger partial charge in [0, 0.05) is 38.3 Å². The summed E-state index contributed by atoms with van der Waals surface area (Å²) >= 11 is 0. The lowest BCUT2D eigenvalue weighted by atomic mass is 10.2. The van der Waals surface area contributed by atoms with Gasteiger partial charge in [-0.1, -0.05) is 0 Å². The molecule has 0 aromatic heterocycles. The third-order valence-corrected chi connectivity index (χ3v) is 3.03. The molecule has 86 valence electrons. The third-order valence-electron chi connectivity index (χ3n) is 3.03. The summed E-state index contributed by atoms with van der Waals surface area (Å²) in [6, 6.07) is 0.764. The first-order valence-electron chi connectivity index (χ1n) is 5.74. The van der Waals surface area contributed by atoms with Crippen molar-refractivity contribution < 1.29 is 4.79 Å². The second-order valence-corrected chi connectivity index (χ2v) is 4.41. The molecule has 5 heteroatoms. The summed E-state index contributed by atoms with van der Waals surface area (Å²) in [5.74, 6) is 0.151. The van der Waals surface area contributed by atoms with Crippen molar-refractivity contribution in [3.05, 3.63) is 0 Å². The molecule has 1 heterocycles. The first kappa shape index (κ1) is 10.9. The fourth-order valence-corrected chi connectivity index (χ4v) is 1.93. The maximum atomic E-state index is 11.6. The van der Waals surface area contributed by atoms with Crippen molar-refractivity contribution in [3.63, 3.8) is 0 Å². The highest BCUT2D eigenvalue weighted by molar-refractivity contribution is 5.78. The zero-order chi connectivity index (χ0) is 10.7. The van der Waals surface area contributed by atoms with Gasteiger partial charge < -0.3 is 16.4 Å². The fraction of sp³-hybridized carbons (Fsp3) is 0.900. The molecule has 4 N–H and O–H groups in total. The number of hydrogen-bond acceptors (Lipinski definition) is 4. The first-order valence-corrected chi connectivity index (χ1v) is 5.74. The van der Waals surface area contributed by atoms with Gasteiger partial charge in [0.15, 0.2) is 0 Å². The molecule has 0 radical (unpaired) electrons. The van der Waals surface area contributed by atoms with Crippen LogP contribution in [-0.2, 0) is 4.79 Å². The van der Waals surface area contributed by atoms with Crippen molar-refractivity contribution in [3.8, 4) is 0 Å². The van der Waals surface area contributed by atoms with Crippen LogP contribution in [0.15, 0.2) is 0 Å². The summed E-state index contributed by atoms with van der Waals surface area (Å²) in [4.78, 5) is 13.8. The minimum Gasteiger partial charge on any atom is -0.352 e. The van der Waals surface area contributed by atoms with E-state index in [4.69, 9.17) is 5.73 Å². The molecule has 1 unspecified atom stereocenters. The number of carbonyl (C=O) groups is 1. The van der Waals surface area contributed by atoms with Crippen LogP contribution < -0.4 is 16.4 Å². The van der Waals surface area contributed by atoms with Gasteiger partial charge >= 0.3 is 0 Å². The molecule has 0 spiro atoms. The minimum atomic E-state index is 0.151. The van der Waals surface area contributed by atoms with Crippen molar-refractivity contribution in [2.75, 3.05) is 32.7 Å². The molecule has 1 amide bonds. The van der Waals surface area contributed by atoms with E-state index in [2.05, 4.69) is 15.5 Å². The van der Waals surface area contributed by atoms with Crippen LogP contribution in [0.4, 0.5) is 0 Å². The SMILES string of the molecule is NCC1CNCCN1CC(=O)NC1CC1. The second-order valence-electron chi connectivity index (χ2n) is 4.41. The average Bonchev–Trinajstić information content (AvgIpc) is 3.02. The van der Waals surface area contributed by atoms with Gasteiger partial charge in [-0.15, -0.1) is 0 Å². The molecular weight excluding hydrogens is 192 g/mol. The zero-order valence-electron chi connectivity index (χ0n) is 9.04. The van der Waals surface area contributed by atoms with Crippen molar-refractivity contribution in [1.29, 1.82) is 0 Å². The monoisotopic (exact) mass is 212 g/mol. The number of amides is 1. The summed E-state index contributed by atoms with van der Waals surface area (Å²) in [7, 11) is 0. The first-order chi connectivity index (χ1) is 7.29. The van der Waals surface area contributed by atoms with Gasteiger partial charge in [0.1, 0.15) is 0 Å². The minimum absolute atomic E-state index is 0.151. The summed E-state index contributed by atoms with van der Waals surface area (Å²) < 4.78 is 0. The predicted octanol–water partition coefficient (Wildman–Crippen LogP) is -1.50. The Morgan fingerprint density at radius 1 is 1.53 bits per heavy atom. The molecule has 2 aliphatic rings. The quantitative estimate of drug-likeness (QED) is 0.530. The molecule has 1 saturated carbocycles. The summed E-state index contributed by atoms with van der Waals surface area (Å²) in [5.41, 5.74) is 5.67. The van der Waals surface area contributed by atoms with Gasteiger partial charge in [-0.05, 0) is 12.8 Å². The van der Waals surface area contributed by atoms with Crippen molar-refractivity contribution in [1.82, 2.24) is 15.5 Å². The average molecular weight is 212 g/mol. The molecule has 2 fully saturated rings. The molecule has 5 nitrogen and oxygen atoms in total. The van der Waals surface area contributed by atoms with E-state index < -0.39 is 0 Å².